The molecule has 0 spiro atoms. The smallest absolute Gasteiger partial charge is 0.287 e. The minimum Gasteiger partial charge on any atom is -0.494 e. The number of hydrogen-bond donors (Lipinski definition) is 3. The Balaban J connectivity index is 1.10. The van der Waals surface area contributed by atoms with Crippen LogP contribution in [0.1, 0.15) is 34.1 Å². The maximum Gasteiger partial charge on any atom is 0.287 e. The van der Waals surface area contributed by atoms with Crippen molar-refractivity contribution in [2.24, 2.45) is 0 Å². The van der Waals surface area contributed by atoms with Crippen LogP contribution in [0.25, 0.3) is 22.5 Å². The van der Waals surface area contributed by atoms with Crippen LogP contribution >= 0.6 is 0 Å². The monoisotopic (exact) mass is 671 g/mol. The van der Waals surface area contributed by atoms with Crippen molar-refractivity contribution in [2.75, 3.05) is 58.7 Å². The highest BCUT2D eigenvalue weighted by Gasteiger charge is 2.29. The quantitative estimate of drug-likeness (QED) is 0.117. The van der Waals surface area contributed by atoms with Crippen LogP contribution in [-0.2, 0) is 11.3 Å². The molecule has 1 fully saturated rings. The first-order valence-corrected chi connectivity index (χ1v) is 17.2. The number of nitrogens with zero attached hydrogens (tertiary/aromatic N) is 2. The molecule has 9 heteroatoms. The van der Waals surface area contributed by atoms with Crippen molar-refractivity contribution in [3.8, 4) is 28.2 Å². The van der Waals surface area contributed by atoms with Gasteiger partial charge >= 0.3 is 0 Å². The average molecular weight is 672 g/mol. The summed E-state index contributed by atoms with van der Waals surface area (Å²) in [6, 6.07) is 36.7. The van der Waals surface area contributed by atoms with E-state index >= 15 is 0 Å². The first-order valence-electron chi connectivity index (χ1n) is 17.2. The average Bonchev–Trinajstić information content (AvgIpc) is 3.67. The van der Waals surface area contributed by atoms with Crippen LogP contribution < -0.4 is 20.7 Å². The Morgan fingerprint density at radius 2 is 1.56 bits per heavy atom. The van der Waals surface area contributed by atoms with Gasteiger partial charge < -0.3 is 34.9 Å². The summed E-state index contributed by atoms with van der Waals surface area (Å²) in [5, 5.41) is 9.73. The van der Waals surface area contributed by atoms with Crippen molar-refractivity contribution in [3.63, 3.8) is 0 Å². The van der Waals surface area contributed by atoms with E-state index in [4.69, 9.17) is 9.15 Å². The van der Waals surface area contributed by atoms with Crippen LogP contribution in [0.3, 0.4) is 0 Å². The van der Waals surface area contributed by atoms with Gasteiger partial charge in [0.15, 0.2) is 5.76 Å². The molecule has 4 aromatic carbocycles. The number of hydrogen-bond acceptors (Lipinski definition) is 7. The van der Waals surface area contributed by atoms with Gasteiger partial charge in [0, 0.05) is 50.5 Å². The number of rotatable bonds is 14. The van der Waals surface area contributed by atoms with Gasteiger partial charge in [-0.3, -0.25) is 9.59 Å². The molecule has 6 rings (SSSR count). The van der Waals surface area contributed by atoms with Gasteiger partial charge in [-0.05, 0) is 79.2 Å². The Morgan fingerprint density at radius 1 is 0.840 bits per heavy atom. The second-order valence-corrected chi connectivity index (χ2v) is 12.7. The van der Waals surface area contributed by atoms with Crippen molar-refractivity contribution < 1.29 is 18.7 Å². The zero-order chi connectivity index (χ0) is 34.7. The first kappa shape index (κ1) is 34.5. The van der Waals surface area contributed by atoms with Crippen molar-refractivity contribution in [1.82, 2.24) is 20.4 Å². The van der Waals surface area contributed by atoms with E-state index in [2.05, 4.69) is 57.2 Å². The minimum atomic E-state index is -0.869. The van der Waals surface area contributed by atoms with Crippen LogP contribution in [0.4, 0.5) is 5.69 Å². The topological polar surface area (TPSA) is 99.1 Å². The Morgan fingerprint density at radius 3 is 2.30 bits per heavy atom. The van der Waals surface area contributed by atoms with E-state index in [0.29, 0.717) is 50.7 Å². The number of benzene rings is 4. The summed E-state index contributed by atoms with van der Waals surface area (Å²) in [6.45, 7) is 4.77. The van der Waals surface area contributed by atoms with E-state index in [1.165, 1.54) is 16.7 Å². The molecule has 9 nitrogen and oxygen atoms in total. The SMILES string of the molecule is CN(C)CCCOc1ccc(C(NC(=O)c2ccc(-c3cccc(NCc4ccc(-c5ccccc5)cc4)c3)o2)C(=O)N2CCNCC2)cc1. The second-order valence-electron chi connectivity index (χ2n) is 12.7. The summed E-state index contributed by atoms with van der Waals surface area (Å²) >= 11 is 0. The number of piperazine rings is 1. The van der Waals surface area contributed by atoms with Crippen LogP contribution in [0.2, 0.25) is 0 Å². The molecular weight excluding hydrogens is 626 g/mol. The largest absolute Gasteiger partial charge is 0.494 e. The Labute approximate surface area is 294 Å². The number of amides is 2. The molecule has 1 aromatic heterocycles. The molecule has 1 atom stereocenters. The third-order valence-corrected chi connectivity index (χ3v) is 8.72. The van der Waals surface area contributed by atoms with Gasteiger partial charge in [0.05, 0.1) is 6.61 Å². The third-order valence-electron chi connectivity index (χ3n) is 8.72. The van der Waals surface area contributed by atoms with E-state index in [0.717, 1.165) is 30.0 Å². The highest BCUT2D eigenvalue weighted by atomic mass is 16.5. The lowest BCUT2D eigenvalue weighted by Crippen LogP contribution is -2.50. The molecule has 0 radical (unpaired) electrons. The van der Waals surface area contributed by atoms with Crippen LogP contribution in [0.15, 0.2) is 120 Å². The van der Waals surface area contributed by atoms with Gasteiger partial charge in [0.1, 0.15) is 17.6 Å². The summed E-state index contributed by atoms with van der Waals surface area (Å²) in [5.41, 5.74) is 6.00. The van der Waals surface area contributed by atoms with Crippen molar-refractivity contribution in [3.05, 3.63) is 132 Å². The molecule has 1 aliphatic rings. The zero-order valence-corrected chi connectivity index (χ0v) is 28.7. The van der Waals surface area contributed by atoms with Crippen molar-refractivity contribution in [1.29, 1.82) is 0 Å². The maximum absolute atomic E-state index is 13.7. The molecule has 0 aliphatic carbocycles. The molecule has 2 amide bonds. The minimum absolute atomic E-state index is 0.135. The fourth-order valence-electron chi connectivity index (χ4n) is 5.93. The number of nitrogens with one attached hydrogen (secondary N) is 3. The standard InChI is InChI=1S/C41H45N5O4/c1-45(2)24-7-27-49-36-18-16-33(17-19-36)39(41(48)46-25-22-42-23-26-46)44-40(47)38-21-20-37(50-38)34-10-6-11-35(28-34)43-29-30-12-14-32(15-13-30)31-8-4-3-5-9-31/h3-6,8-21,28,39,42-43H,7,22-27,29H2,1-2H3,(H,44,47). The highest BCUT2D eigenvalue weighted by Crippen LogP contribution is 2.27. The van der Waals surface area contributed by atoms with E-state index in [1.807, 2.05) is 80.8 Å². The molecular formula is C41H45N5O4. The maximum atomic E-state index is 13.7. The van der Waals surface area contributed by atoms with Crippen molar-refractivity contribution in [2.45, 2.75) is 19.0 Å². The fraction of sp³-hybridized carbons (Fsp3) is 0.268. The van der Waals surface area contributed by atoms with Gasteiger partial charge in [-0.15, -0.1) is 0 Å². The van der Waals surface area contributed by atoms with Gasteiger partial charge in [0.2, 0.25) is 5.91 Å². The molecule has 1 unspecified atom stereocenters. The molecule has 1 aliphatic heterocycles. The predicted molar refractivity (Wildman–Crippen MR) is 198 cm³/mol. The number of ether oxygens (including phenoxy) is 1. The van der Waals surface area contributed by atoms with Crippen LogP contribution in [0.5, 0.6) is 5.75 Å². The number of carbonyl (C=O) groups excluding carboxylic acids is 2. The summed E-state index contributed by atoms with van der Waals surface area (Å²) < 4.78 is 12.0. The number of anilines is 1. The van der Waals surface area contributed by atoms with Gasteiger partial charge in [-0.25, -0.2) is 0 Å². The summed E-state index contributed by atoms with van der Waals surface area (Å²) in [6.07, 6.45) is 0.908. The molecule has 1 saturated heterocycles. The molecule has 2 heterocycles. The lowest BCUT2D eigenvalue weighted by Gasteiger charge is -2.31. The third kappa shape index (κ3) is 9.19. The molecule has 258 valence electrons. The Kier molecular flexibility index (Phi) is 11.6. The van der Waals surface area contributed by atoms with Gasteiger partial charge in [-0.1, -0.05) is 78.9 Å². The lowest BCUT2D eigenvalue weighted by molar-refractivity contribution is -0.134. The molecule has 0 bridgehead atoms. The Bertz CT molecular complexity index is 1830. The molecule has 0 saturated carbocycles. The molecule has 5 aromatic rings. The van der Waals surface area contributed by atoms with E-state index in [1.54, 1.807) is 17.0 Å². The van der Waals surface area contributed by atoms with Crippen molar-refractivity contribution >= 4 is 17.5 Å². The summed E-state index contributed by atoms with van der Waals surface area (Å²) in [5.74, 6) is 0.810. The van der Waals surface area contributed by atoms with E-state index in [-0.39, 0.29) is 11.7 Å². The number of furan rings is 1. The van der Waals surface area contributed by atoms with Crippen LogP contribution in [-0.4, -0.2) is 75.0 Å². The van der Waals surface area contributed by atoms with E-state index in [9.17, 15) is 9.59 Å². The predicted octanol–water partition coefficient (Wildman–Crippen LogP) is 6.46. The molecule has 50 heavy (non-hydrogen) atoms. The number of carbonyl (C=O) groups is 2. The normalized spacial score (nSPS) is 13.5. The fourth-order valence-corrected chi connectivity index (χ4v) is 5.93. The summed E-state index contributed by atoms with van der Waals surface area (Å²) in [4.78, 5) is 31.2. The van der Waals surface area contributed by atoms with Gasteiger partial charge in [-0.2, -0.15) is 0 Å². The Hall–Kier alpha value is -5.38. The second kappa shape index (κ2) is 16.8. The van der Waals surface area contributed by atoms with Gasteiger partial charge in [0.25, 0.3) is 5.91 Å². The molecule has 3 N–H and O–H groups in total. The highest BCUT2D eigenvalue weighted by molar-refractivity contribution is 5.96. The lowest BCUT2D eigenvalue weighted by atomic mass is 10.0. The first-order chi connectivity index (χ1) is 24.4. The van der Waals surface area contributed by atoms with Crippen LogP contribution in [0, 0.1) is 0 Å². The zero-order valence-electron chi connectivity index (χ0n) is 28.7. The summed E-state index contributed by atoms with van der Waals surface area (Å²) in [7, 11) is 4.07. The van der Waals surface area contributed by atoms with E-state index < -0.39 is 11.9 Å².